The van der Waals surface area contributed by atoms with Gasteiger partial charge in [-0.1, -0.05) is 6.08 Å². The van der Waals surface area contributed by atoms with Crippen molar-refractivity contribution in [3.8, 4) is 0 Å². The van der Waals surface area contributed by atoms with Crippen LogP contribution in [0.4, 0.5) is 0 Å². The summed E-state index contributed by atoms with van der Waals surface area (Å²) in [4.78, 5) is -0.425. The van der Waals surface area contributed by atoms with Gasteiger partial charge in [0.1, 0.15) is 11.4 Å². The molecular weight excluding hydrogens is 147 g/mol. The monoisotopic (exact) mass is 154 g/mol. The van der Waals surface area contributed by atoms with E-state index in [1.807, 2.05) is 6.92 Å². The Morgan fingerprint density at radius 3 is 2.62 bits per heavy atom. The average Bonchev–Trinajstić information content (AvgIpc) is 1.66. The van der Waals surface area contributed by atoms with Crippen molar-refractivity contribution in [2.75, 3.05) is 6.61 Å². The summed E-state index contributed by atoms with van der Waals surface area (Å²) < 4.78 is 4.80. The van der Waals surface area contributed by atoms with Crippen LogP contribution in [0.2, 0.25) is 0 Å². The Labute approximate surface area is 59.2 Å². The quantitative estimate of drug-likeness (QED) is 0.449. The van der Waals surface area contributed by atoms with Crippen LogP contribution in [0, 0.1) is 0 Å². The van der Waals surface area contributed by atoms with Crippen LogP contribution < -0.4 is 0 Å². The second-order valence-corrected chi connectivity index (χ2v) is 2.47. The van der Waals surface area contributed by atoms with E-state index in [2.05, 4.69) is 0 Å². The van der Waals surface area contributed by atoms with Gasteiger partial charge in [-0.05, 0) is 6.92 Å². The standard InChI is InChI=1S/C5H8Cl2O/c1-2-3-8-4-5(6)7/h2-3,5H,4H2,1H3/b3-2-. The zero-order valence-corrected chi connectivity index (χ0v) is 6.12. The fourth-order valence-electron chi connectivity index (χ4n) is 0.225. The predicted octanol–water partition coefficient (Wildman–Crippen LogP) is 2.34. The highest BCUT2D eigenvalue weighted by Crippen LogP contribution is 2.00. The molecule has 0 unspecified atom stereocenters. The first kappa shape index (κ1) is 8.12. The van der Waals surface area contributed by atoms with Gasteiger partial charge in [0.2, 0.25) is 0 Å². The first-order valence-electron chi connectivity index (χ1n) is 2.28. The zero-order valence-electron chi connectivity index (χ0n) is 4.60. The molecule has 0 aromatic heterocycles. The normalized spacial score (nSPS) is 11.0. The molecule has 0 rings (SSSR count). The molecule has 1 nitrogen and oxygen atoms in total. The van der Waals surface area contributed by atoms with E-state index in [9.17, 15) is 0 Å². The molecule has 0 aliphatic rings. The lowest BCUT2D eigenvalue weighted by molar-refractivity contribution is 0.264. The van der Waals surface area contributed by atoms with Gasteiger partial charge in [0.15, 0.2) is 0 Å². The molecule has 3 heteroatoms. The highest BCUT2D eigenvalue weighted by atomic mass is 35.5. The molecule has 8 heavy (non-hydrogen) atoms. The Hall–Kier alpha value is 0.120. The smallest absolute Gasteiger partial charge is 0.141 e. The van der Waals surface area contributed by atoms with Crippen molar-refractivity contribution in [1.29, 1.82) is 0 Å². The number of rotatable bonds is 3. The summed E-state index contributed by atoms with van der Waals surface area (Å²) in [5.74, 6) is 0. The Bertz CT molecular complexity index is 70.8. The van der Waals surface area contributed by atoms with Gasteiger partial charge in [0, 0.05) is 0 Å². The molecular formula is C5H8Cl2O. The van der Waals surface area contributed by atoms with Gasteiger partial charge in [-0.3, -0.25) is 0 Å². The van der Waals surface area contributed by atoms with Crippen LogP contribution in [0.3, 0.4) is 0 Å². The van der Waals surface area contributed by atoms with Crippen molar-refractivity contribution < 1.29 is 4.74 Å². The lowest BCUT2D eigenvalue weighted by Gasteiger charge is -1.97. The maximum atomic E-state index is 5.32. The average molecular weight is 155 g/mol. The Kier molecular flexibility index (Phi) is 5.34. The largest absolute Gasteiger partial charge is 0.499 e. The molecule has 0 saturated carbocycles. The molecule has 0 fully saturated rings. The van der Waals surface area contributed by atoms with E-state index in [1.54, 1.807) is 12.3 Å². The number of hydrogen-bond donors (Lipinski definition) is 0. The Balaban J connectivity index is 2.93. The SMILES string of the molecule is C/C=C\OCC(Cl)Cl. The third-order valence-electron chi connectivity index (χ3n) is 0.455. The second-order valence-electron chi connectivity index (χ2n) is 1.19. The topological polar surface area (TPSA) is 9.23 Å². The van der Waals surface area contributed by atoms with Crippen molar-refractivity contribution in [1.82, 2.24) is 0 Å². The van der Waals surface area contributed by atoms with E-state index in [-0.39, 0.29) is 0 Å². The zero-order chi connectivity index (χ0) is 6.41. The van der Waals surface area contributed by atoms with Crippen molar-refractivity contribution in [3.05, 3.63) is 12.3 Å². The molecule has 0 saturated heterocycles. The summed E-state index contributed by atoms with van der Waals surface area (Å²) in [5.41, 5.74) is 0. The number of ether oxygens (including phenoxy) is 1. The van der Waals surface area contributed by atoms with E-state index < -0.39 is 4.84 Å². The van der Waals surface area contributed by atoms with E-state index in [1.165, 1.54) is 0 Å². The van der Waals surface area contributed by atoms with Gasteiger partial charge in [-0.2, -0.15) is 0 Å². The van der Waals surface area contributed by atoms with Gasteiger partial charge in [-0.15, -0.1) is 23.2 Å². The van der Waals surface area contributed by atoms with Gasteiger partial charge in [0.05, 0.1) is 6.26 Å². The predicted molar refractivity (Wildman–Crippen MR) is 36.3 cm³/mol. The minimum Gasteiger partial charge on any atom is -0.499 e. The van der Waals surface area contributed by atoms with Gasteiger partial charge < -0.3 is 4.74 Å². The fourth-order valence-corrected chi connectivity index (χ4v) is 0.370. The number of halogens is 2. The number of hydrogen-bond acceptors (Lipinski definition) is 1. The highest BCUT2D eigenvalue weighted by Gasteiger charge is 1.93. The van der Waals surface area contributed by atoms with Crippen LogP contribution in [0.25, 0.3) is 0 Å². The van der Waals surface area contributed by atoms with E-state index in [0.717, 1.165) is 0 Å². The number of allylic oxidation sites excluding steroid dienone is 1. The van der Waals surface area contributed by atoms with Crippen LogP contribution in [0.15, 0.2) is 12.3 Å². The fraction of sp³-hybridized carbons (Fsp3) is 0.600. The van der Waals surface area contributed by atoms with E-state index >= 15 is 0 Å². The van der Waals surface area contributed by atoms with Crippen LogP contribution in [0.1, 0.15) is 6.92 Å². The van der Waals surface area contributed by atoms with Gasteiger partial charge in [0.25, 0.3) is 0 Å². The Morgan fingerprint density at radius 1 is 1.62 bits per heavy atom. The van der Waals surface area contributed by atoms with Crippen molar-refractivity contribution in [3.63, 3.8) is 0 Å². The summed E-state index contributed by atoms with van der Waals surface area (Å²) in [7, 11) is 0. The van der Waals surface area contributed by atoms with Crippen LogP contribution >= 0.6 is 23.2 Å². The third kappa shape index (κ3) is 6.12. The molecule has 0 N–H and O–H groups in total. The minimum atomic E-state index is -0.425. The molecule has 0 spiro atoms. The summed E-state index contributed by atoms with van der Waals surface area (Å²) in [5, 5.41) is 0. The molecule has 0 aliphatic carbocycles. The lowest BCUT2D eigenvalue weighted by atomic mass is 10.7. The summed E-state index contributed by atoms with van der Waals surface area (Å²) in [6.45, 7) is 2.21. The molecule has 0 heterocycles. The summed E-state index contributed by atoms with van der Waals surface area (Å²) in [6.07, 6.45) is 3.33. The molecule has 0 atom stereocenters. The van der Waals surface area contributed by atoms with Crippen molar-refractivity contribution >= 4 is 23.2 Å². The number of alkyl halides is 2. The van der Waals surface area contributed by atoms with Gasteiger partial charge in [-0.25, -0.2) is 0 Å². The highest BCUT2D eigenvalue weighted by molar-refractivity contribution is 6.44. The lowest BCUT2D eigenvalue weighted by Crippen LogP contribution is -1.96. The van der Waals surface area contributed by atoms with Crippen LogP contribution in [-0.4, -0.2) is 11.4 Å². The molecule has 0 bridgehead atoms. The first-order valence-corrected chi connectivity index (χ1v) is 3.15. The Morgan fingerprint density at radius 2 is 2.25 bits per heavy atom. The third-order valence-corrected chi connectivity index (χ3v) is 0.706. The molecule has 0 aliphatic heterocycles. The van der Waals surface area contributed by atoms with Crippen molar-refractivity contribution in [2.24, 2.45) is 0 Å². The van der Waals surface area contributed by atoms with Crippen LogP contribution in [-0.2, 0) is 4.74 Å². The summed E-state index contributed by atoms with van der Waals surface area (Å²) >= 11 is 10.6. The van der Waals surface area contributed by atoms with E-state index in [0.29, 0.717) is 6.61 Å². The molecule has 0 amide bonds. The minimum absolute atomic E-state index is 0.355. The van der Waals surface area contributed by atoms with Crippen molar-refractivity contribution in [2.45, 2.75) is 11.8 Å². The molecule has 0 radical (unpaired) electrons. The van der Waals surface area contributed by atoms with Gasteiger partial charge >= 0.3 is 0 Å². The summed E-state index contributed by atoms with van der Waals surface area (Å²) in [6, 6.07) is 0. The van der Waals surface area contributed by atoms with Crippen LogP contribution in [0.5, 0.6) is 0 Å². The second kappa shape index (κ2) is 5.26. The first-order chi connectivity index (χ1) is 3.77. The molecule has 0 aromatic carbocycles. The van der Waals surface area contributed by atoms with E-state index in [4.69, 9.17) is 27.9 Å². The maximum absolute atomic E-state index is 5.32. The molecule has 0 aromatic rings. The molecule has 48 valence electrons. The maximum Gasteiger partial charge on any atom is 0.141 e.